The van der Waals surface area contributed by atoms with Crippen LogP contribution in [0.2, 0.25) is 0 Å². The number of hydrogen-bond acceptors (Lipinski definition) is 4. The Balaban J connectivity index is 0.00000264. The first kappa shape index (κ1) is 20.1. The molecule has 23 heavy (non-hydrogen) atoms. The van der Waals surface area contributed by atoms with Crippen LogP contribution >= 0.6 is 24.2 Å². The normalized spacial score (nSPS) is 15.1. The maximum Gasteiger partial charge on any atom is 0.232 e. The molecule has 6 heteroatoms. The minimum absolute atomic E-state index is 0. The molecule has 0 bridgehead atoms. The predicted octanol–water partition coefficient (Wildman–Crippen LogP) is 3.06. The number of carbonyl (C=O) groups excluding carboxylic acids is 1. The molecule has 0 spiro atoms. The molecule has 1 heterocycles. The molecule has 1 aromatic rings. The van der Waals surface area contributed by atoms with Gasteiger partial charge in [0.15, 0.2) is 0 Å². The number of thioether (sulfide) groups is 1. The van der Waals surface area contributed by atoms with Gasteiger partial charge < -0.3 is 15.0 Å². The molecule has 0 aliphatic carbocycles. The lowest BCUT2D eigenvalue weighted by molar-refractivity contribution is -0.129. The Morgan fingerprint density at radius 3 is 2.52 bits per heavy atom. The number of amides is 1. The van der Waals surface area contributed by atoms with Gasteiger partial charge in [-0.25, -0.2) is 0 Å². The largest absolute Gasteiger partial charge is 0.497 e. The van der Waals surface area contributed by atoms with Gasteiger partial charge in [0.25, 0.3) is 0 Å². The lowest BCUT2D eigenvalue weighted by Crippen LogP contribution is -2.39. The van der Waals surface area contributed by atoms with Crippen LogP contribution in [-0.4, -0.2) is 50.4 Å². The number of nitrogens with one attached hydrogen (secondary N) is 1. The molecule has 130 valence electrons. The van der Waals surface area contributed by atoms with E-state index in [2.05, 4.69) is 5.32 Å². The van der Waals surface area contributed by atoms with Gasteiger partial charge in [0.1, 0.15) is 5.75 Å². The fraction of sp³-hybridized carbons (Fsp3) is 0.588. The van der Waals surface area contributed by atoms with E-state index in [-0.39, 0.29) is 18.3 Å². The van der Waals surface area contributed by atoms with Crippen molar-refractivity contribution in [2.45, 2.75) is 24.2 Å². The van der Waals surface area contributed by atoms with Crippen molar-refractivity contribution >= 4 is 30.1 Å². The van der Waals surface area contributed by atoms with Gasteiger partial charge >= 0.3 is 0 Å². The van der Waals surface area contributed by atoms with Gasteiger partial charge in [-0.15, -0.1) is 24.2 Å². The third-order valence-electron chi connectivity index (χ3n) is 4.19. The van der Waals surface area contributed by atoms with Crippen molar-refractivity contribution in [3.8, 4) is 5.75 Å². The van der Waals surface area contributed by atoms with Gasteiger partial charge in [0.05, 0.1) is 12.9 Å². The number of ether oxygens (including phenoxy) is 1. The summed E-state index contributed by atoms with van der Waals surface area (Å²) in [5, 5.41) is 3.20. The number of hydrogen-bond donors (Lipinski definition) is 1. The highest BCUT2D eigenvalue weighted by Gasteiger charge is 2.22. The molecule has 0 atom stereocenters. The quantitative estimate of drug-likeness (QED) is 0.760. The molecule has 1 N–H and O–H groups in total. The van der Waals surface area contributed by atoms with E-state index >= 15 is 0 Å². The summed E-state index contributed by atoms with van der Waals surface area (Å²) < 4.78 is 5.14. The smallest absolute Gasteiger partial charge is 0.232 e. The minimum Gasteiger partial charge on any atom is -0.497 e. The summed E-state index contributed by atoms with van der Waals surface area (Å²) in [7, 11) is 3.65. The van der Waals surface area contributed by atoms with E-state index in [9.17, 15) is 4.79 Å². The molecule has 4 nitrogen and oxygen atoms in total. The number of halogens is 1. The Labute approximate surface area is 149 Å². The molecule has 1 fully saturated rings. The highest BCUT2D eigenvalue weighted by Crippen LogP contribution is 2.24. The Morgan fingerprint density at radius 1 is 1.30 bits per heavy atom. The zero-order valence-electron chi connectivity index (χ0n) is 13.9. The molecule has 2 rings (SSSR count). The van der Waals surface area contributed by atoms with Crippen molar-refractivity contribution in [1.82, 2.24) is 10.2 Å². The zero-order chi connectivity index (χ0) is 15.8. The summed E-state index contributed by atoms with van der Waals surface area (Å²) in [4.78, 5) is 15.4. The maximum absolute atomic E-state index is 12.3. The molecule has 0 unspecified atom stereocenters. The average Bonchev–Trinajstić information content (AvgIpc) is 2.58. The molecule has 0 aromatic heterocycles. The van der Waals surface area contributed by atoms with Crippen molar-refractivity contribution in [3.63, 3.8) is 0 Å². The number of carbonyl (C=O) groups is 1. The van der Waals surface area contributed by atoms with E-state index in [1.807, 2.05) is 36.2 Å². The highest BCUT2D eigenvalue weighted by molar-refractivity contribution is 8.00. The van der Waals surface area contributed by atoms with E-state index in [0.717, 1.165) is 49.0 Å². The SMILES string of the molecule is CNCCC1CCN(C(=O)CSc2ccc(OC)cc2)CC1.Cl. The van der Waals surface area contributed by atoms with Gasteiger partial charge in [-0.2, -0.15) is 0 Å². The Morgan fingerprint density at radius 2 is 1.96 bits per heavy atom. The first-order valence-electron chi connectivity index (χ1n) is 7.92. The van der Waals surface area contributed by atoms with Crippen LogP contribution in [0.25, 0.3) is 0 Å². The van der Waals surface area contributed by atoms with Crippen LogP contribution in [-0.2, 0) is 4.79 Å². The third kappa shape index (κ3) is 6.61. The standard InChI is InChI=1S/C17H26N2O2S.ClH/c1-18-10-7-14-8-11-19(12-9-14)17(20)13-22-16-5-3-15(21-2)4-6-16;/h3-6,14,18H,7-13H2,1-2H3;1H. The summed E-state index contributed by atoms with van der Waals surface area (Å²) >= 11 is 1.60. The molecule has 1 aromatic carbocycles. The van der Waals surface area contributed by atoms with E-state index in [1.54, 1.807) is 18.9 Å². The zero-order valence-corrected chi connectivity index (χ0v) is 15.5. The van der Waals surface area contributed by atoms with Crippen LogP contribution in [0.1, 0.15) is 19.3 Å². The van der Waals surface area contributed by atoms with Crippen LogP contribution in [0.5, 0.6) is 5.75 Å². The molecule has 1 aliphatic rings. The first-order chi connectivity index (χ1) is 10.7. The Hall–Kier alpha value is -0.910. The monoisotopic (exact) mass is 358 g/mol. The first-order valence-corrected chi connectivity index (χ1v) is 8.90. The molecule has 1 amide bonds. The van der Waals surface area contributed by atoms with Crippen molar-refractivity contribution in [3.05, 3.63) is 24.3 Å². The maximum atomic E-state index is 12.3. The van der Waals surface area contributed by atoms with E-state index in [0.29, 0.717) is 5.75 Å². The van der Waals surface area contributed by atoms with Crippen molar-refractivity contribution in [2.75, 3.05) is 39.5 Å². The van der Waals surface area contributed by atoms with Crippen molar-refractivity contribution in [2.24, 2.45) is 5.92 Å². The Kier molecular flexibility index (Phi) is 9.44. The molecular weight excluding hydrogens is 332 g/mol. The fourth-order valence-electron chi connectivity index (χ4n) is 2.73. The molecule has 1 aliphatic heterocycles. The average molecular weight is 359 g/mol. The second-order valence-electron chi connectivity index (χ2n) is 5.68. The third-order valence-corrected chi connectivity index (χ3v) is 5.19. The highest BCUT2D eigenvalue weighted by atomic mass is 35.5. The van der Waals surface area contributed by atoms with Crippen LogP contribution in [0.4, 0.5) is 0 Å². The second kappa shape index (κ2) is 10.8. The number of benzene rings is 1. The summed E-state index contributed by atoms with van der Waals surface area (Å²) in [5.41, 5.74) is 0. The van der Waals surface area contributed by atoms with Gasteiger partial charge in [0, 0.05) is 18.0 Å². The van der Waals surface area contributed by atoms with Gasteiger partial charge in [-0.3, -0.25) is 4.79 Å². The lowest BCUT2D eigenvalue weighted by atomic mass is 9.93. The summed E-state index contributed by atoms with van der Waals surface area (Å²) in [6, 6.07) is 7.86. The topological polar surface area (TPSA) is 41.6 Å². The number of piperidine rings is 1. The fourth-order valence-corrected chi connectivity index (χ4v) is 3.53. The van der Waals surface area contributed by atoms with Crippen LogP contribution < -0.4 is 10.1 Å². The van der Waals surface area contributed by atoms with Crippen LogP contribution in [0, 0.1) is 5.92 Å². The van der Waals surface area contributed by atoms with Crippen molar-refractivity contribution < 1.29 is 9.53 Å². The number of rotatable bonds is 7. The van der Waals surface area contributed by atoms with Gasteiger partial charge in [-0.05, 0) is 63.0 Å². The molecular formula is C17H27ClN2O2S. The predicted molar refractivity (Wildman–Crippen MR) is 98.8 cm³/mol. The number of nitrogens with zero attached hydrogens (tertiary/aromatic N) is 1. The van der Waals surface area contributed by atoms with Crippen molar-refractivity contribution in [1.29, 1.82) is 0 Å². The lowest BCUT2D eigenvalue weighted by Gasteiger charge is -2.32. The van der Waals surface area contributed by atoms with Gasteiger partial charge in [0.2, 0.25) is 5.91 Å². The second-order valence-corrected chi connectivity index (χ2v) is 6.73. The van der Waals surface area contributed by atoms with Crippen LogP contribution in [0.3, 0.4) is 0 Å². The van der Waals surface area contributed by atoms with E-state index in [4.69, 9.17) is 4.74 Å². The number of methoxy groups -OCH3 is 1. The van der Waals surface area contributed by atoms with E-state index in [1.165, 1.54) is 6.42 Å². The Bertz CT molecular complexity index is 462. The van der Waals surface area contributed by atoms with Gasteiger partial charge in [-0.1, -0.05) is 0 Å². The molecule has 0 saturated carbocycles. The van der Waals surface area contributed by atoms with E-state index < -0.39 is 0 Å². The summed E-state index contributed by atoms with van der Waals surface area (Å²) in [6.07, 6.45) is 3.50. The molecule has 1 saturated heterocycles. The summed E-state index contributed by atoms with van der Waals surface area (Å²) in [5.74, 6) is 2.39. The summed E-state index contributed by atoms with van der Waals surface area (Å²) in [6.45, 7) is 2.90. The number of likely N-dealkylation sites (tertiary alicyclic amines) is 1. The minimum atomic E-state index is 0. The van der Waals surface area contributed by atoms with Crippen LogP contribution in [0.15, 0.2) is 29.2 Å². The molecule has 0 radical (unpaired) electrons.